The normalized spacial score (nSPS) is 15.8. The maximum atomic E-state index is 12.4. The molecule has 1 aromatic heterocycles. The molecule has 2 aromatic carbocycles. The molecule has 39 heavy (non-hydrogen) atoms. The van der Waals surface area contributed by atoms with E-state index in [-0.39, 0.29) is 11.3 Å². The number of hydrazone groups is 1. The number of nitrogens with zero attached hydrogens (tertiary/aromatic N) is 7. The van der Waals surface area contributed by atoms with Gasteiger partial charge in [0.15, 0.2) is 0 Å². The number of aromatic nitrogens is 3. The largest absolute Gasteiger partial charge is 0.423 e. The summed E-state index contributed by atoms with van der Waals surface area (Å²) in [6.07, 6.45) is 1.58. The number of esters is 1. The lowest BCUT2D eigenvalue weighted by atomic mass is 10.2. The van der Waals surface area contributed by atoms with Gasteiger partial charge < -0.3 is 24.0 Å². The Bertz CT molecular complexity index is 1300. The summed E-state index contributed by atoms with van der Waals surface area (Å²) in [6.45, 7) is 5.18. The summed E-state index contributed by atoms with van der Waals surface area (Å²) >= 11 is 0. The minimum atomic E-state index is -0.691. The molecule has 0 radical (unpaired) electrons. The van der Waals surface area contributed by atoms with E-state index >= 15 is 0 Å². The third-order valence-electron chi connectivity index (χ3n) is 5.96. The fraction of sp³-hybridized carbons (Fsp3) is 0.320. The Hall–Kier alpha value is -4.69. The van der Waals surface area contributed by atoms with Crippen LogP contribution in [-0.2, 0) is 9.47 Å². The number of benzene rings is 2. The minimum absolute atomic E-state index is 0.0873. The smallest absolute Gasteiger partial charge is 0.343 e. The third kappa shape index (κ3) is 6.80. The Morgan fingerprint density at radius 1 is 0.949 bits per heavy atom. The summed E-state index contributed by atoms with van der Waals surface area (Å²) in [5.74, 6) is 1.03. The zero-order chi connectivity index (χ0) is 27.0. The number of nitrogens with one attached hydrogen (secondary N) is 1. The van der Waals surface area contributed by atoms with Gasteiger partial charge in [-0.2, -0.15) is 20.1 Å². The molecule has 0 saturated carbocycles. The maximum absolute atomic E-state index is 12.4. The second-order valence-corrected chi connectivity index (χ2v) is 8.59. The van der Waals surface area contributed by atoms with Crippen molar-refractivity contribution >= 4 is 35.7 Å². The van der Waals surface area contributed by atoms with Crippen LogP contribution in [0.5, 0.6) is 5.75 Å². The van der Waals surface area contributed by atoms with E-state index in [2.05, 4.69) is 35.3 Å². The van der Waals surface area contributed by atoms with Gasteiger partial charge in [-0.25, -0.2) is 10.2 Å². The van der Waals surface area contributed by atoms with E-state index < -0.39 is 10.9 Å². The van der Waals surface area contributed by atoms with E-state index in [0.29, 0.717) is 76.2 Å². The molecule has 0 amide bonds. The van der Waals surface area contributed by atoms with E-state index in [0.717, 1.165) is 5.56 Å². The van der Waals surface area contributed by atoms with Crippen LogP contribution in [0.2, 0.25) is 0 Å². The van der Waals surface area contributed by atoms with Gasteiger partial charge in [-0.1, -0.05) is 6.07 Å². The van der Waals surface area contributed by atoms with Gasteiger partial charge >= 0.3 is 5.97 Å². The molecular formula is C25H26N8O6. The minimum Gasteiger partial charge on any atom is -0.423 e. The van der Waals surface area contributed by atoms with E-state index in [1.807, 2.05) is 0 Å². The van der Waals surface area contributed by atoms with Crippen LogP contribution < -0.4 is 20.0 Å². The highest BCUT2D eigenvalue weighted by molar-refractivity contribution is 5.91. The molecule has 2 aliphatic rings. The Labute approximate surface area is 223 Å². The lowest BCUT2D eigenvalue weighted by Crippen LogP contribution is -2.40. The number of hydrogen-bond acceptors (Lipinski definition) is 13. The summed E-state index contributed by atoms with van der Waals surface area (Å²) < 4.78 is 16.2. The molecule has 0 unspecified atom stereocenters. The Balaban J connectivity index is 1.24. The SMILES string of the molecule is O=C(Oc1ccc(/C=N/Nc2nc(N3CCOCC3)nc(N3CCOCC3)n2)cc1)c1cccc([N+](=O)[O-])c1. The number of hydrogen-bond donors (Lipinski definition) is 1. The monoisotopic (exact) mass is 534 g/mol. The van der Waals surface area contributed by atoms with Gasteiger partial charge in [-0.3, -0.25) is 10.1 Å². The molecule has 0 bridgehead atoms. The van der Waals surface area contributed by atoms with Crippen molar-refractivity contribution in [2.45, 2.75) is 0 Å². The van der Waals surface area contributed by atoms with Crippen molar-refractivity contribution in [3.8, 4) is 5.75 Å². The first-order valence-electron chi connectivity index (χ1n) is 12.3. The van der Waals surface area contributed by atoms with Gasteiger partial charge in [0.1, 0.15) is 5.75 Å². The first-order valence-corrected chi connectivity index (χ1v) is 12.3. The van der Waals surface area contributed by atoms with Gasteiger partial charge in [0, 0.05) is 38.3 Å². The molecule has 2 saturated heterocycles. The number of ether oxygens (including phenoxy) is 3. The second kappa shape index (κ2) is 12.2. The topological polar surface area (TPSA) is 157 Å². The van der Waals surface area contributed by atoms with Gasteiger partial charge in [0.25, 0.3) is 5.69 Å². The third-order valence-corrected chi connectivity index (χ3v) is 5.96. The van der Waals surface area contributed by atoms with Crippen LogP contribution in [0.25, 0.3) is 0 Å². The number of carbonyl (C=O) groups excluding carboxylic acids is 1. The molecule has 2 fully saturated rings. The summed E-state index contributed by atoms with van der Waals surface area (Å²) in [7, 11) is 0. The number of nitro groups is 1. The molecule has 2 aliphatic heterocycles. The highest BCUT2D eigenvalue weighted by atomic mass is 16.6. The van der Waals surface area contributed by atoms with Gasteiger partial charge in [0.2, 0.25) is 17.8 Å². The molecule has 0 atom stereocenters. The fourth-order valence-electron chi connectivity index (χ4n) is 3.91. The number of rotatable bonds is 8. The number of carbonyl (C=O) groups is 1. The van der Waals surface area contributed by atoms with Crippen LogP contribution in [0.15, 0.2) is 53.6 Å². The van der Waals surface area contributed by atoms with Crippen LogP contribution in [0.1, 0.15) is 15.9 Å². The molecule has 3 heterocycles. The van der Waals surface area contributed by atoms with Gasteiger partial charge in [-0.05, 0) is 35.9 Å². The summed E-state index contributed by atoms with van der Waals surface area (Å²) in [4.78, 5) is 40.6. The van der Waals surface area contributed by atoms with Crippen molar-refractivity contribution in [1.29, 1.82) is 0 Å². The average molecular weight is 535 g/mol. The number of non-ortho nitro benzene ring substituents is 1. The van der Waals surface area contributed by atoms with Crippen molar-refractivity contribution in [3.63, 3.8) is 0 Å². The Morgan fingerprint density at radius 2 is 1.56 bits per heavy atom. The average Bonchev–Trinajstić information content (AvgIpc) is 2.99. The van der Waals surface area contributed by atoms with Crippen molar-refractivity contribution in [3.05, 3.63) is 69.8 Å². The zero-order valence-electron chi connectivity index (χ0n) is 20.9. The van der Waals surface area contributed by atoms with Crippen LogP contribution in [0.4, 0.5) is 23.5 Å². The zero-order valence-corrected chi connectivity index (χ0v) is 20.9. The van der Waals surface area contributed by atoms with Gasteiger partial charge in [0.05, 0.1) is 43.1 Å². The van der Waals surface area contributed by atoms with E-state index in [4.69, 9.17) is 14.2 Å². The molecule has 14 nitrogen and oxygen atoms in total. The van der Waals surface area contributed by atoms with Crippen LogP contribution >= 0.6 is 0 Å². The molecule has 202 valence electrons. The Kier molecular flexibility index (Phi) is 8.14. The van der Waals surface area contributed by atoms with Gasteiger partial charge in [-0.15, -0.1) is 0 Å². The molecule has 0 spiro atoms. The number of nitro benzene ring substituents is 1. The van der Waals surface area contributed by atoms with Crippen LogP contribution in [0, 0.1) is 10.1 Å². The molecule has 5 rings (SSSR count). The predicted molar refractivity (Wildman–Crippen MR) is 142 cm³/mol. The van der Waals surface area contributed by atoms with E-state index in [1.165, 1.54) is 24.3 Å². The first-order chi connectivity index (χ1) is 19.0. The molecule has 14 heteroatoms. The van der Waals surface area contributed by atoms with E-state index in [9.17, 15) is 14.9 Å². The number of anilines is 3. The lowest BCUT2D eigenvalue weighted by molar-refractivity contribution is -0.384. The highest BCUT2D eigenvalue weighted by Gasteiger charge is 2.20. The fourth-order valence-corrected chi connectivity index (χ4v) is 3.91. The molecule has 0 aliphatic carbocycles. The molecule has 1 N–H and O–H groups in total. The quantitative estimate of drug-likeness (QED) is 0.148. The molecular weight excluding hydrogens is 508 g/mol. The predicted octanol–water partition coefficient (Wildman–Crippen LogP) is 2.12. The van der Waals surface area contributed by atoms with Crippen molar-refractivity contribution < 1.29 is 23.9 Å². The van der Waals surface area contributed by atoms with E-state index in [1.54, 1.807) is 30.5 Å². The first kappa shape index (κ1) is 25.9. The lowest BCUT2D eigenvalue weighted by Gasteiger charge is -2.30. The maximum Gasteiger partial charge on any atom is 0.343 e. The summed E-state index contributed by atoms with van der Waals surface area (Å²) in [6, 6.07) is 12.0. The van der Waals surface area contributed by atoms with Crippen molar-refractivity contribution in [1.82, 2.24) is 15.0 Å². The number of morpholine rings is 2. The molecule has 3 aromatic rings. The van der Waals surface area contributed by atoms with Crippen molar-refractivity contribution in [2.75, 3.05) is 67.8 Å². The Morgan fingerprint density at radius 3 is 2.15 bits per heavy atom. The van der Waals surface area contributed by atoms with Crippen LogP contribution in [0.3, 0.4) is 0 Å². The highest BCUT2D eigenvalue weighted by Crippen LogP contribution is 2.20. The summed E-state index contributed by atoms with van der Waals surface area (Å²) in [5, 5.41) is 15.2. The van der Waals surface area contributed by atoms with Crippen molar-refractivity contribution in [2.24, 2.45) is 5.10 Å². The standard InChI is InChI=1S/C25H26N8O6/c34-22(19-2-1-3-20(16-19)33(35)36)39-21-6-4-18(5-7-21)17-26-30-23-27-24(31-8-12-37-13-9-31)29-25(28-23)32-10-14-38-15-11-32/h1-7,16-17H,8-15H2,(H,27,28,29,30)/b26-17+. The summed E-state index contributed by atoms with van der Waals surface area (Å²) in [5.41, 5.74) is 3.52. The second-order valence-electron chi connectivity index (χ2n) is 8.59. The van der Waals surface area contributed by atoms with Crippen LogP contribution in [-0.4, -0.2) is 84.7 Å².